The molecule has 0 aliphatic carbocycles. The number of hydrogen-bond donors (Lipinski definition) is 2. The molecule has 2 aromatic carbocycles. The van der Waals surface area contributed by atoms with Gasteiger partial charge in [0.15, 0.2) is 0 Å². The lowest BCUT2D eigenvalue weighted by atomic mass is 10.1. The Bertz CT molecular complexity index is 1440. The molecule has 0 aromatic heterocycles. The SMILES string of the molecule is CC(=O)Nc1ccc(S(=O)(=O)Cl)cc1.CCCCCCCCCCCCN(CCCCCCCCCCCC)S(=O)(=O)c1ccc(NC(C)=O)cc1. The molecule has 0 atom stereocenters. The molecule has 0 saturated heterocycles. The van der Waals surface area contributed by atoms with Crippen molar-refractivity contribution in [3.8, 4) is 0 Å². The minimum Gasteiger partial charge on any atom is -0.326 e. The fourth-order valence-electron chi connectivity index (χ4n) is 5.87. The lowest BCUT2D eigenvalue weighted by molar-refractivity contribution is -0.115. The Morgan fingerprint density at radius 3 is 1.08 bits per heavy atom. The van der Waals surface area contributed by atoms with Crippen LogP contribution >= 0.6 is 10.7 Å². The zero-order chi connectivity index (χ0) is 38.7. The average Bonchev–Trinajstić information content (AvgIpc) is 3.08. The third kappa shape index (κ3) is 22.6. The summed E-state index contributed by atoms with van der Waals surface area (Å²) < 4.78 is 50.4. The standard InChI is InChI=1S/C32H58N2O3S.C8H8ClNO3S/c1-4-6-8-10-12-14-16-18-20-22-28-34(29-23-21-19-17-15-13-11-9-7-5-2)38(36,37)32-26-24-31(25-27-32)33-30(3)35;1-6(11)10-7-2-4-8(5-3-7)14(9,12)13/h24-27H,4-23,28-29H2,1-3H3,(H,33,35);2-5H,1H3,(H,10,11). The van der Waals surface area contributed by atoms with Gasteiger partial charge in [-0.1, -0.05) is 129 Å². The van der Waals surface area contributed by atoms with E-state index in [0.717, 1.165) is 25.7 Å². The molecule has 9 nitrogen and oxygen atoms in total. The number of unbranched alkanes of at least 4 members (excludes halogenated alkanes) is 18. The summed E-state index contributed by atoms with van der Waals surface area (Å²) in [4.78, 5) is 22.3. The highest BCUT2D eigenvalue weighted by Gasteiger charge is 2.23. The average molecular weight is 785 g/mol. The molecule has 0 unspecified atom stereocenters. The zero-order valence-corrected chi connectivity index (χ0v) is 34.7. The maximum Gasteiger partial charge on any atom is 0.261 e. The molecule has 2 rings (SSSR count). The molecule has 0 radical (unpaired) electrons. The number of nitrogens with zero attached hydrogens (tertiary/aromatic N) is 1. The van der Waals surface area contributed by atoms with Gasteiger partial charge in [0, 0.05) is 49.0 Å². The molecule has 0 spiro atoms. The highest BCUT2D eigenvalue weighted by molar-refractivity contribution is 8.13. The van der Waals surface area contributed by atoms with Crippen molar-refractivity contribution in [2.24, 2.45) is 0 Å². The largest absolute Gasteiger partial charge is 0.326 e. The van der Waals surface area contributed by atoms with Crippen LogP contribution < -0.4 is 10.6 Å². The van der Waals surface area contributed by atoms with Gasteiger partial charge < -0.3 is 10.6 Å². The van der Waals surface area contributed by atoms with Crippen molar-refractivity contribution in [2.75, 3.05) is 23.7 Å². The summed E-state index contributed by atoms with van der Waals surface area (Å²) in [6.07, 6.45) is 24.8. The van der Waals surface area contributed by atoms with Gasteiger partial charge in [0.1, 0.15) is 0 Å². The molecule has 0 fully saturated rings. The number of amides is 2. The first kappa shape index (κ1) is 47.6. The predicted molar refractivity (Wildman–Crippen MR) is 217 cm³/mol. The van der Waals surface area contributed by atoms with E-state index in [0.29, 0.717) is 29.4 Å². The van der Waals surface area contributed by atoms with Crippen molar-refractivity contribution in [3.63, 3.8) is 0 Å². The molecule has 12 heteroatoms. The number of rotatable bonds is 27. The Kier molecular flexibility index (Phi) is 25.6. The summed E-state index contributed by atoms with van der Waals surface area (Å²) in [6.45, 7) is 8.49. The smallest absolute Gasteiger partial charge is 0.261 e. The van der Waals surface area contributed by atoms with Crippen molar-refractivity contribution >= 4 is 52.9 Å². The molecule has 2 N–H and O–H groups in total. The summed E-state index contributed by atoms with van der Waals surface area (Å²) >= 11 is 0. The fourth-order valence-corrected chi connectivity index (χ4v) is 8.16. The number of anilines is 2. The van der Waals surface area contributed by atoms with Gasteiger partial charge in [-0.2, -0.15) is 4.31 Å². The Morgan fingerprint density at radius 1 is 0.500 bits per heavy atom. The number of carbonyl (C=O) groups is 2. The van der Waals surface area contributed by atoms with Gasteiger partial charge in [-0.3, -0.25) is 9.59 Å². The van der Waals surface area contributed by atoms with Crippen LogP contribution in [0.5, 0.6) is 0 Å². The number of sulfonamides is 1. The normalized spacial score (nSPS) is 11.6. The molecule has 0 saturated carbocycles. The van der Waals surface area contributed by atoms with Crippen molar-refractivity contribution in [1.29, 1.82) is 0 Å². The van der Waals surface area contributed by atoms with Crippen molar-refractivity contribution in [2.45, 2.75) is 166 Å². The van der Waals surface area contributed by atoms with E-state index in [1.54, 1.807) is 28.6 Å². The van der Waals surface area contributed by atoms with Crippen LogP contribution in [0.1, 0.15) is 156 Å². The maximum absolute atomic E-state index is 13.5. The minimum atomic E-state index is -3.69. The zero-order valence-electron chi connectivity index (χ0n) is 32.3. The summed E-state index contributed by atoms with van der Waals surface area (Å²) in [5.41, 5.74) is 1.15. The summed E-state index contributed by atoms with van der Waals surface area (Å²) in [6, 6.07) is 12.2. The molecule has 52 heavy (non-hydrogen) atoms. The highest BCUT2D eigenvalue weighted by Crippen LogP contribution is 2.22. The van der Waals surface area contributed by atoms with Gasteiger partial charge in [-0.25, -0.2) is 16.8 Å². The number of hydrogen-bond acceptors (Lipinski definition) is 6. The van der Waals surface area contributed by atoms with Gasteiger partial charge in [0.2, 0.25) is 21.8 Å². The monoisotopic (exact) mass is 783 g/mol. The first-order valence-electron chi connectivity index (χ1n) is 19.5. The Morgan fingerprint density at radius 2 is 0.788 bits per heavy atom. The highest BCUT2D eigenvalue weighted by atomic mass is 35.7. The number of nitrogens with one attached hydrogen (secondary N) is 2. The van der Waals surface area contributed by atoms with E-state index in [9.17, 15) is 26.4 Å². The number of benzene rings is 2. The quantitative estimate of drug-likeness (QED) is 0.0685. The minimum absolute atomic E-state index is 0.00766. The van der Waals surface area contributed by atoms with E-state index in [1.165, 1.54) is 141 Å². The van der Waals surface area contributed by atoms with Crippen LogP contribution in [-0.2, 0) is 28.7 Å². The van der Waals surface area contributed by atoms with Gasteiger partial charge in [0.05, 0.1) is 9.79 Å². The van der Waals surface area contributed by atoms with Gasteiger partial charge in [0.25, 0.3) is 9.05 Å². The fraction of sp³-hybridized carbons (Fsp3) is 0.650. The Hall–Kier alpha value is -2.47. The third-order valence-electron chi connectivity index (χ3n) is 8.79. The van der Waals surface area contributed by atoms with Crippen molar-refractivity contribution in [3.05, 3.63) is 48.5 Å². The lowest BCUT2D eigenvalue weighted by Gasteiger charge is -2.22. The van der Waals surface area contributed by atoms with E-state index in [4.69, 9.17) is 10.7 Å². The maximum atomic E-state index is 13.5. The summed E-state index contributed by atoms with van der Waals surface area (Å²) in [7, 11) is -2.13. The molecule has 2 aromatic rings. The molecule has 296 valence electrons. The van der Waals surface area contributed by atoms with E-state index in [2.05, 4.69) is 24.5 Å². The first-order valence-corrected chi connectivity index (χ1v) is 23.3. The van der Waals surface area contributed by atoms with E-state index in [-0.39, 0.29) is 16.7 Å². The van der Waals surface area contributed by atoms with E-state index in [1.807, 2.05) is 0 Å². The van der Waals surface area contributed by atoms with Crippen LogP contribution in [-0.4, -0.2) is 46.0 Å². The Labute approximate surface area is 320 Å². The molecular formula is C40H66ClN3O6S2. The van der Waals surface area contributed by atoms with Crippen molar-refractivity contribution in [1.82, 2.24) is 4.31 Å². The Balaban J connectivity index is 0.000000802. The molecule has 0 aliphatic heterocycles. The predicted octanol–water partition coefficient (Wildman–Crippen LogP) is 11.0. The molecular weight excluding hydrogens is 718 g/mol. The second-order valence-electron chi connectivity index (χ2n) is 13.6. The van der Waals surface area contributed by atoms with Gasteiger partial charge in [-0.15, -0.1) is 0 Å². The summed E-state index contributed by atoms with van der Waals surface area (Å²) in [5.74, 6) is -0.379. The second kappa shape index (κ2) is 28.0. The van der Waals surface area contributed by atoms with Crippen LogP contribution in [0.2, 0.25) is 0 Å². The summed E-state index contributed by atoms with van der Waals surface area (Å²) in [5, 5.41) is 5.22. The number of halogens is 1. The van der Waals surface area contributed by atoms with Gasteiger partial charge in [-0.05, 0) is 61.4 Å². The van der Waals surface area contributed by atoms with Crippen LogP contribution in [0.4, 0.5) is 11.4 Å². The van der Waals surface area contributed by atoms with Crippen LogP contribution in [0.15, 0.2) is 58.3 Å². The van der Waals surface area contributed by atoms with Gasteiger partial charge >= 0.3 is 0 Å². The number of carbonyl (C=O) groups excluding carboxylic acids is 2. The lowest BCUT2D eigenvalue weighted by Crippen LogP contribution is -2.33. The molecule has 0 bridgehead atoms. The topological polar surface area (TPSA) is 130 Å². The molecule has 2 amide bonds. The van der Waals surface area contributed by atoms with Crippen LogP contribution in [0, 0.1) is 0 Å². The van der Waals surface area contributed by atoms with Crippen molar-refractivity contribution < 1.29 is 26.4 Å². The third-order valence-corrected chi connectivity index (χ3v) is 12.1. The molecule has 0 heterocycles. The van der Waals surface area contributed by atoms with E-state index < -0.39 is 19.1 Å². The second-order valence-corrected chi connectivity index (χ2v) is 18.1. The van der Waals surface area contributed by atoms with Crippen LogP contribution in [0.3, 0.4) is 0 Å². The molecule has 0 aliphatic rings. The first-order chi connectivity index (χ1) is 24.8. The van der Waals surface area contributed by atoms with E-state index >= 15 is 0 Å². The van der Waals surface area contributed by atoms with Crippen LogP contribution in [0.25, 0.3) is 0 Å².